The molecule has 0 radical (unpaired) electrons. The molecule has 3 nitrogen and oxygen atoms in total. The Morgan fingerprint density at radius 3 is 2.62 bits per heavy atom. The lowest BCUT2D eigenvalue weighted by molar-refractivity contribution is -0.140. The van der Waals surface area contributed by atoms with E-state index in [4.69, 9.17) is 4.74 Å². The maximum atomic E-state index is 11.3. The molecular weight excluding hydrogens is 204 g/mol. The highest BCUT2D eigenvalue weighted by atomic mass is 16.5. The number of carboxylic acid groups (broad SMARTS) is 1. The average Bonchev–Trinajstić information content (AvgIpc) is 3.09. The largest absolute Gasteiger partial charge is 0.496 e. The molecular formula is C13H16O3. The number of hydrogen-bond acceptors (Lipinski definition) is 2. The highest BCUT2D eigenvalue weighted by Gasteiger charge is 2.52. The molecule has 1 aromatic carbocycles. The Labute approximate surface area is 95.0 Å². The quantitative estimate of drug-likeness (QED) is 0.847. The summed E-state index contributed by atoms with van der Waals surface area (Å²) in [6.45, 7) is 2.03. The minimum Gasteiger partial charge on any atom is -0.496 e. The molecule has 0 unspecified atom stereocenters. The summed E-state index contributed by atoms with van der Waals surface area (Å²) >= 11 is 0. The number of rotatable bonds is 4. The molecule has 0 aliphatic heterocycles. The molecule has 1 aliphatic rings. The van der Waals surface area contributed by atoms with Crippen LogP contribution in [0.5, 0.6) is 5.75 Å². The lowest BCUT2D eigenvalue weighted by atomic mass is 9.90. The Kier molecular flexibility index (Phi) is 2.62. The van der Waals surface area contributed by atoms with Crippen LogP contribution < -0.4 is 4.74 Å². The Hall–Kier alpha value is -1.51. The van der Waals surface area contributed by atoms with Gasteiger partial charge in [0.15, 0.2) is 0 Å². The molecule has 1 aliphatic carbocycles. The second kappa shape index (κ2) is 3.81. The van der Waals surface area contributed by atoms with Gasteiger partial charge in [0.05, 0.1) is 12.5 Å². The van der Waals surface area contributed by atoms with E-state index in [9.17, 15) is 9.90 Å². The highest BCUT2D eigenvalue weighted by molar-refractivity contribution is 5.85. The second-order valence-electron chi connectivity index (χ2n) is 4.23. The standard InChI is InChI=1S/C13H16O3/c1-3-9-10(5-4-6-11(9)16-2)13(7-8-13)12(14)15/h4-6H,3,7-8H2,1-2H3,(H,14,15). The lowest BCUT2D eigenvalue weighted by Crippen LogP contribution is -2.21. The molecule has 1 fully saturated rings. The number of carbonyl (C=O) groups is 1. The summed E-state index contributed by atoms with van der Waals surface area (Å²) in [5, 5.41) is 9.30. The van der Waals surface area contributed by atoms with Gasteiger partial charge in [0.2, 0.25) is 0 Å². The van der Waals surface area contributed by atoms with E-state index in [1.54, 1.807) is 7.11 Å². The average molecular weight is 220 g/mol. The fraction of sp³-hybridized carbons (Fsp3) is 0.462. The summed E-state index contributed by atoms with van der Waals surface area (Å²) in [7, 11) is 1.62. The maximum Gasteiger partial charge on any atom is 0.314 e. The molecule has 0 amide bonds. The van der Waals surface area contributed by atoms with Gasteiger partial charge < -0.3 is 9.84 Å². The van der Waals surface area contributed by atoms with Gasteiger partial charge in [0.25, 0.3) is 0 Å². The van der Waals surface area contributed by atoms with E-state index in [-0.39, 0.29) is 0 Å². The fourth-order valence-corrected chi connectivity index (χ4v) is 2.29. The molecule has 3 heteroatoms. The van der Waals surface area contributed by atoms with Gasteiger partial charge in [-0.25, -0.2) is 0 Å². The molecule has 0 atom stereocenters. The zero-order valence-electron chi connectivity index (χ0n) is 9.62. The van der Waals surface area contributed by atoms with Crippen LogP contribution in [-0.4, -0.2) is 18.2 Å². The topological polar surface area (TPSA) is 46.5 Å². The molecule has 0 heterocycles. The SMILES string of the molecule is CCc1c(OC)cccc1C1(C(=O)O)CC1. The number of methoxy groups -OCH3 is 1. The number of hydrogen-bond donors (Lipinski definition) is 1. The van der Waals surface area contributed by atoms with Crippen LogP contribution in [0.2, 0.25) is 0 Å². The van der Waals surface area contributed by atoms with E-state index in [2.05, 4.69) is 0 Å². The van der Waals surface area contributed by atoms with Crippen molar-refractivity contribution in [3.8, 4) is 5.75 Å². The summed E-state index contributed by atoms with van der Waals surface area (Å²) in [6.07, 6.45) is 2.28. The van der Waals surface area contributed by atoms with Gasteiger partial charge in [-0.15, -0.1) is 0 Å². The molecule has 0 saturated heterocycles. The van der Waals surface area contributed by atoms with Gasteiger partial charge in [-0.3, -0.25) is 4.79 Å². The maximum absolute atomic E-state index is 11.3. The second-order valence-corrected chi connectivity index (χ2v) is 4.23. The normalized spacial score (nSPS) is 16.9. The predicted octanol–water partition coefficient (Wildman–Crippen LogP) is 2.37. The minimum atomic E-state index is -0.713. The Morgan fingerprint density at radius 2 is 2.19 bits per heavy atom. The zero-order chi connectivity index (χ0) is 11.8. The van der Waals surface area contributed by atoms with Crippen molar-refractivity contribution >= 4 is 5.97 Å². The summed E-state index contributed by atoms with van der Waals surface area (Å²) < 4.78 is 5.29. The van der Waals surface area contributed by atoms with Gasteiger partial charge >= 0.3 is 5.97 Å². The third kappa shape index (κ3) is 1.47. The first kappa shape index (κ1) is 11.0. The van der Waals surface area contributed by atoms with Crippen molar-refractivity contribution < 1.29 is 14.6 Å². The van der Waals surface area contributed by atoms with Crippen molar-refractivity contribution in [1.29, 1.82) is 0 Å². The van der Waals surface area contributed by atoms with Gasteiger partial charge in [0.1, 0.15) is 5.75 Å². The van der Waals surface area contributed by atoms with Crippen molar-refractivity contribution in [3.63, 3.8) is 0 Å². The number of ether oxygens (including phenoxy) is 1. The van der Waals surface area contributed by atoms with Crippen LogP contribution in [0.4, 0.5) is 0 Å². The van der Waals surface area contributed by atoms with Crippen molar-refractivity contribution in [3.05, 3.63) is 29.3 Å². The first-order chi connectivity index (χ1) is 7.65. The minimum absolute atomic E-state index is 0.639. The fourth-order valence-electron chi connectivity index (χ4n) is 2.29. The Bertz CT molecular complexity index is 419. The smallest absolute Gasteiger partial charge is 0.314 e. The first-order valence-electron chi connectivity index (χ1n) is 5.55. The number of aliphatic carboxylic acids is 1. The van der Waals surface area contributed by atoms with E-state index >= 15 is 0 Å². The summed E-state index contributed by atoms with van der Waals surface area (Å²) in [5.74, 6) is 0.0861. The van der Waals surface area contributed by atoms with E-state index in [0.29, 0.717) is 0 Å². The van der Waals surface area contributed by atoms with E-state index < -0.39 is 11.4 Å². The van der Waals surface area contributed by atoms with Crippen LogP contribution in [0, 0.1) is 0 Å². The molecule has 1 saturated carbocycles. The molecule has 16 heavy (non-hydrogen) atoms. The highest BCUT2D eigenvalue weighted by Crippen LogP contribution is 2.50. The van der Waals surface area contributed by atoms with Crippen molar-refractivity contribution in [1.82, 2.24) is 0 Å². The van der Waals surface area contributed by atoms with Gasteiger partial charge in [0, 0.05) is 0 Å². The van der Waals surface area contributed by atoms with Crippen LogP contribution in [0.15, 0.2) is 18.2 Å². The van der Waals surface area contributed by atoms with Crippen LogP contribution in [0.3, 0.4) is 0 Å². The summed E-state index contributed by atoms with van der Waals surface area (Å²) in [5.41, 5.74) is 1.33. The van der Waals surface area contributed by atoms with Gasteiger partial charge in [-0.2, -0.15) is 0 Å². The Morgan fingerprint density at radius 1 is 1.50 bits per heavy atom. The van der Waals surface area contributed by atoms with Crippen molar-refractivity contribution in [2.45, 2.75) is 31.6 Å². The van der Waals surface area contributed by atoms with Crippen LogP contribution in [0.25, 0.3) is 0 Å². The van der Waals surface area contributed by atoms with E-state index in [0.717, 1.165) is 36.1 Å². The predicted molar refractivity (Wildman–Crippen MR) is 60.9 cm³/mol. The summed E-state index contributed by atoms with van der Waals surface area (Å²) in [4.78, 5) is 11.3. The third-order valence-corrected chi connectivity index (χ3v) is 3.38. The molecule has 1 N–H and O–H groups in total. The monoisotopic (exact) mass is 220 g/mol. The molecule has 2 rings (SSSR count). The zero-order valence-corrected chi connectivity index (χ0v) is 9.62. The van der Waals surface area contributed by atoms with E-state index in [1.165, 1.54) is 0 Å². The molecule has 1 aromatic rings. The molecule has 0 spiro atoms. The molecule has 0 aromatic heterocycles. The van der Waals surface area contributed by atoms with Crippen LogP contribution in [0.1, 0.15) is 30.9 Å². The van der Waals surface area contributed by atoms with E-state index in [1.807, 2.05) is 25.1 Å². The number of carboxylic acids is 1. The molecule has 0 bridgehead atoms. The van der Waals surface area contributed by atoms with Gasteiger partial charge in [-0.1, -0.05) is 19.1 Å². The van der Waals surface area contributed by atoms with Crippen LogP contribution in [-0.2, 0) is 16.6 Å². The number of benzene rings is 1. The summed E-state index contributed by atoms with van der Waals surface area (Å²) in [6, 6.07) is 5.68. The lowest BCUT2D eigenvalue weighted by Gasteiger charge is -2.17. The van der Waals surface area contributed by atoms with Crippen LogP contribution >= 0.6 is 0 Å². The van der Waals surface area contributed by atoms with Gasteiger partial charge in [-0.05, 0) is 36.5 Å². The van der Waals surface area contributed by atoms with Crippen molar-refractivity contribution in [2.24, 2.45) is 0 Å². The van der Waals surface area contributed by atoms with Crippen molar-refractivity contribution in [2.75, 3.05) is 7.11 Å². The Balaban J connectivity index is 2.53. The molecule has 86 valence electrons. The third-order valence-electron chi connectivity index (χ3n) is 3.38. The first-order valence-corrected chi connectivity index (χ1v) is 5.55.